The molecule has 2 aromatic rings. The maximum absolute atomic E-state index is 13.7. The number of pyridine rings is 1. The molecular formula is C14H13ClF2N2. The van der Waals surface area contributed by atoms with Gasteiger partial charge in [0.05, 0.1) is 17.9 Å². The van der Waals surface area contributed by atoms with Crippen LogP contribution in [0.4, 0.5) is 8.78 Å². The van der Waals surface area contributed by atoms with Gasteiger partial charge in [0, 0.05) is 10.6 Å². The third kappa shape index (κ3) is 3.28. The van der Waals surface area contributed by atoms with Crippen molar-refractivity contribution in [2.45, 2.75) is 12.5 Å². The van der Waals surface area contributed by atoms with Gasteiger partial charge in [0.25, 0.3) is 0 Å². The second-order valence-corrected chi connectivity index (χ2v) is 4.55. The number of likely N-dealkylation sites (N-methyl/N-ethyl adjacent to an activating group) is 1. The molecule has 100 valence electrons. The Hall–Kier alpha value is -1.52. The van der Waals surface area contributed by atoms with Gasteiger partial charge in [0.15, 0.2) is 0 Å². The third-order valence-corrected chi connectivity index (χ3v) is 3.28. The van der Waals surface area contributed by atoms with E-state index in [1.54, 1.807) is 25.2 Å². The molecule has 0 fully saturated rings. The van der Waals surface area contributed by atoms with Gasteiger partial charge in [-0.25, -0.2) is 8.78 Å². The van der Waals surface area contributed by atoms with Crippen molar-refractivity contribution in [1.82, 2.24) is 10.3 Å². The van der Waals surface area contributed by atoms with Crippen LogP contribution in [-0.2, 0) is 6.42 Å². The monoisotopic (exact) mass is 282 g/mol. The molecule has 1 N–H and O–H groups in total. The van der Waals surface area contributed by atoms with Crippen LogP contribution in [-0.4, -0.2) is 12.0 Å². The van der Waals surface area contributed by atoms with Crippen LogP contribution in [0.2, 0.25) is 5.02 Å². The van der Waals surface area contributed by atoms with Gasteiger partial charge >= 0.3 is 0 Å². The van der Waals surface area contributed by atoms with Crippen molar-refractivity contribution < 1.29 is 8.78 Å². The molecule has 0 saturated carbocycles. The summed E-state index contributed by atoms with van der Waals surface area (Å²) in [5.74, 6) is -0.752. The highest BCUT2D eigenvalue weighted by molar-refractivity contribution is 6.31. The van der Waals surface area contributed by atoms with Crippen LogP contribution < -0.4 is 5.32 Å². The molecule has 1 aromatic carbocycles. The number of hydrogen-bond donors (Lipinski definition) is 1. The first-order valence-electron chi connectivity index (χ1n) is 5.83. The van der Waals surface area contributed by atoms with Gasteiger partial charge in [-0.2, -0.15) is 0 Å². The smallest absolute Gasteiger partial charge is 0.141 e. The van der Waals surface area contributed by atoms with Crippen LogP contribution in [0.25, 0.3) is 0 Å². The predicted molar refractivity (Wildman–Crippen MR) is 71.1 cm³/mol. The summed E-state index contributed by atoms with van der Waals surface area (Å²) in [7, 11) is 1.74. The fourth-order valence-electron chi connectivity index (χ4n) is 1.88. The summed E-state index contributed by atoms with van der Waals surface area (Å²) in [6.45, 7) is 0. The quantitative estimate of drug-likeness (QED) is 0.928. The van der Waals surface area contributed by atoms with Crippen LogP contribution in [0.5, 0.6) is 0 Å². The number of aromatic nitrogens is 1. The summed E-state index contributed by atoms with van der Waals surface area (Å²) < 4.78 is 26.6. The van der Waals surface area contributed by atoms with E-state index in [0.717, 1.165) is 6.20 Å². The van der Waals surface area contributed by atoms with Crippen molar-refractivity contribution in [3.05, 3.63) is 64.4 Å². The van der Waals surface area contributed by atoms with Crippen molar-refractivity contribution in [3.8, 4) is 0 Å². The van der Waals surface area contributed by atoms with E-state index in [4.69, 9.17) is 11.6 Å². The maximum atomic E-state index is 13.7. The fraction of sp³-hybridized carbons (Fsp3) is 0.214. The van der Waals surface area contributed by atoms with E-state index < -0.39 is 5.82 Å². The second kappa shape index (κ2) is 6.08. The van der Waals surface area contributed by atoms with Gasteiger partial charge in [0.2, 0.25) is 0 Å². The Balaban J connectivity index is 2.26. The van der Waals surface area contributed by atoms with E-state index in [0.29, 0.717) is 22.7 Å². The Morgan fingerprint density at radius 1 is 1.26 bits per heavy atom. The van der Waals surface area contributed by atoms with Gasteiger partial charge in [0.1, 0.15) is 11.6 Å². The van der Waals surface area contributed by atoms with E-state index in [2.05, 4.69) is 10.3 Å². The number of rotatable bonds is 4. The molecule has 0 saturated heterocycles. The molecule has 1 heterocycles. The normalized spacial score (nSPS) is 12.4. The molecule has 0 amide bonds. The van der Waals surface area contributed by atoms with Crippen LogP contribution in [0, 0.1) is 11.6 Å². The second-order valence-electron chi connectivity index (χ2n) is 4.15. The minimum atomic E-state index is -0.400. The number of hydrogen-bond acceptors (Lipinski definition) is 2. The first-order valence-corrected chi connectivity index (χ1v) is 6.21. The number of benzene rings is 1. The minimum absolute atomic E-state index is 0.227. The van der Waals surface area contributed by atoms with E-state index in [9.17, 15) is 8.78 Å². The van der Waals surface area contributed by atoms with E-state index in [1.165, 1.54) is 12.1 Å². The minimum Gasteiger partial charge on any atom is -0.311 e. The highest BCUT2D eigenvalue weighted by Crippen LogP contribution is 2.24. The van der Waals surface area contributed by atoms with Gasteiger partial charge in [-0.1, -0.05) is 17.7 Å². The lowest BCUT2D eigenvalue weighted by molar-refractivity contribution is 0.540. The van der Waals surface area contributed by atoms with Crippen LogP contribution >= 0.6 is 11.6 Å². The molecule has 1 aromatic heterocycles. The standard InChI is InChI=1S/C14H13ClF2N2/c1-18-14(13-6-5-9(16)8-19-13)7-10-11(15)3-2-4-12(10)17/h2-6,8,14,18H,7H2,1H3. The summed E-state index contributed by atoms with van der Waals surface area (Å²) >= 11 is 6.00. The van der Waals surface area contributed by atoms with Crippen molar-refractivity contribution in [3.63, 3.8) is 0 Å². The fourth-order valence-corrected chi connectivity index (χ4v) is 2.12. The maximum Gasteiger partial charge on any atom is 0.141 e. The molecule has 0 bridgehead atoms. The van der Waals surface area contributed by atoms with Gasteiger partial charge in [-0.15, -0.1) is 0 Å². The average molecular weight is 283 g/mol. The van der Waals surface area contributed by atoms with Crippen LogP contribution in [0.3, 0.4) is 0 Å². The first-order chi connectivity index (χ1) is 9.11. The SMILES string of the molecule is CNC(Cc1c(F)cccc1Cl)c1ccc(F)cn1. The van der Waals surface area contributed by atoms with E-state index >= 15 is 0 Å². The van der Waals surface area contributed by atoms with Gasteiger partial charge < -0.3 is 5.32 Å². The molecule has 5 heteroatoms. The molecule has 0 aliphatic carbocycles. The molecule has 19 heavy (non-hydrogen) atoms. The lowest BCUT2D eigenvalue weighted by Gasteiger charge is -2.17. The van der Waals surface area contributed by atoms with Crippen LogP contribution in [0.1, 0.15) is 17.3 Å². The number of nitrogens with zero attached hydrogens (tertiary/aromatic N) is 1. The lowest BCUT2D eigenvalue weighted by atomic mass is 10.0. The average Bonchev–Trinajstić information content (AvgIpc) is 2.40. The number of nitrogens with one attached hydrogen (secondary N) is 1. The summed E-state index contributed by atoms with van der Waals surface area (Å²) in [6.07, 6.45) is 1.49. The molecule has 1 unspecified atom stereocenters. The topological polar surface area (TPSA) is 24.9 Å². The predicted octanol–water partition coefficient (Wildman–Crippen LogP) is 3.52. The van der Waals surface area contributed by atoms with Gasteiger partial charge in [-0.3, -0.25) is 4.98 Å². The molecule has 1 atom stereocenters. The Morgan fingerprint density at radius 3 is 2.63 bits per heavy atom. The lowest BCUT2D eigenvalue weighted by Crippen LogP contribution is -2.20. The van der Waals surface area contributed by atoms with E-state index in [1.807, 2.05) is 0 Å². The van der Waals surface area contributed by atoms with Crippen molar-refractivity contribution in [2.75, 3.05) is 7.05 Å². The van der Waals surface area contributed by atoms with Crippen LogP contribution in [0.15, 0.2) is 36.5 Å². The van der Waals surface area contributed by atoms with E-state index in [-0.39, 0.29) is 11.9 Å². The zero-order chi connectivity index (χ0) is 13.8. The summed E-state index contributed by atoms with van der Waals surface area (Å²) in [4.78, 5) is 4.00. The van der Waals surface area contributed by atoms with Gasteiger partial charge in [-0.05, 0) is 37.7 Å². The highest BCUT2D eigenvalue weighted by atomic mass is 35.5. The highest BCUT2D eigenvalue weighted by Gasteiger charge is 2.16. The first kappa shape index (κ1) is 13.9. The molecule has 0 aliphatic rings. The molecule has 0 spiro atoms. The Morgan fingerprint density at radius 2 is 2.05 bits per heavy atom. The van der Waals surface area contributed by atoms with Crippen molar-refractivity contribution in [1.29, 1.82) is 0 Å². The molecule has 0 aliphatic heterocycles. The molecule has 2 rings (SSSR count). The summed E-state index contributed by atoms with van der Waals surface area (Å²) in [5, 5.41) is 3.41. The Labute approximate surface area is 115 Å². The summed E-state index contributed by atoms with van der Waals surface area (Å²) in [6, 6.07) is 7.25. The zero-order valence-corrected chi connectivity index (χ0v) is 11.1. The largest absolute Gasteiger partial charge is 0.311 e. The Bertz CT molecular complexity index is 538. The Kier molecular flexibility index (Phi) is 4.45. The third-order valence-electron chi connectivity index (χ3n) is 2.93. The number of halogens is 3. The molecule has 0 radical (unpaired) electrons. The summed E-state index contributed by atoms with van der Waals surface area (Å²) in [5.41, 5.74) is 1.07. The van der Waals surface area contributed by atoms with Crippen molar-refractivity contribution in [2.24, 2.45) is 0 Å². The zero-order valence-electron chi connectivity index (χ0n) is 10.3. The molecular weight excluding hydrogens is 270 g/mol. The molecule has 2 nitrogen and oxygen atoms in total. The van der Waals surface area contributed by atoms with Crippen molar-refractivity contribution >= 4 is 11.6 Å².